The largest absolute Gasteiger partial charge is 0.349 e. The van der Waals surface area contributed by atoms with Crippen molar-refractivity contribution in [2.75, 3.05) is 0 Å². The summed E-state index contributed by atoms with van der Waals surface area (Å²) in [6, 6.07) is 10.1. The van der Waals surface area contributed by atoms with Gasteiger partial charge in [-0.2, -0.15) is 0 Å². The molecule has 2 aromatic rings. The van der Waals surface area contributed by atoms with Crippen molar-refractivity contribution in [3.8, 4) is 0 Å². The Morgan fingerprint density at radius 3 is 2.43 bits per heavy atom. The predicted octanol–water partition coefficient (Wildman–Crippen LogP) is 3.79. The highest BCUT2D eigenvalue weighted by Gasteiger charge is 2.48. The monoisotopic (exact) mass is 306 g/mol. The Bertz CT molecular complexity index is 736. The van der Waals surface area contributed by atoms with Gasteiger partial charge >= 0.3 is 0 Å². The fourth-order valence-corrected chi connectivity index (χ4v) is 5.69. The average Bonchev–Trinajstić information content (AvgIpc) is 2.57. The molecule has 0 radical (unpaired) electrons. The molecule has 1 heterocycles. The third-order valence-electron chi connectivity index (χ3n) is 6.41. The highest BCUT2D eigenvalue weighted by molar-refractivity contribution is 6.06. The first-order chi connectivity index (χ1) is 11.3. The maximum atomic E-state index is 12.9. The molecule has 4 fully saturated rings. The number of nitrogens with one attached hydrogen (secondary N) is 1. The van der Waals surface area contributed by atoms with Crippen LogP contribution in [0.1, 0.15) is 42.5 Å². The van der Waals surface area contributed by atoms with Gasteiger partial charge in [0.05, 0.1) is 5.52 Å². The van der Waals surface area contributed by atoms with Gasteiger partial charge in [-0.15, -0.1) is 0 Å². The molecule has 3 nitrogen and oxygen atoms in total. The lowest BCUT2D eigenvalue weighted by molar-refractivity contribution is -0.0119. The van der Waals surface area contributed by atoms with Gasteiger partial charge in [0.1, 0.15) is 0 Å². The Kier molecular flexibility index (Phi) is 2.97. The first-order valence-corrected chi connectivity index (χ1v) is 8.92. The van der Waals surface area contributed by atoms with Crippen molar-refractivity contribution >= 4 is 16.8 Å². The first-order valence-electron chi connectivity index (χ1n) is 8.92. The topological polar surface area (TPSA) is 42.0 Å². The second kappa shape index (κ2) is 5.05. The fraction of sp³-hybridized carbons (Fsp3) is 0.500. The normalized spacial score (nSPS) is 34.7. The molecule has 4 aliphatic rings. The third kappa shape index (κ3) is 2.17. The van der Waals surface area contributed by atoms with E-state index in [0.717, 1.165) is 28.3 Å². The maximum absolute atomic E-state index is 12.9. The van der Waals surface area contributed by atoms with Crippen molar-refractivity contribution in [2.24, 2.45) is 23.7 Å². The first kappa shape index (κ1) is 13.5. The number of fused-ring (bicyclic) bond motifs is 1. The van der Waals surface area contributed by atoms with Crippen LogP contribution in [0.5, 0.6) is 0 Å². The Morgan fingerprint density at radius 2 is 1.70 bits per heavy atom. The van der Waals surface area contributed by atoms with Gasteiger partial charge in [-0.1, -0.05) is 12.1 Å². The maximum Gasteiger partial charge on any atom is 0.252 e. The summed E-state index contributed by atoms with van der Waals surface area (Å²) in [4.78, 5) is 17.3. The van der Waals surface area contributed by atoms with E-state index in [4.69, 9.17) is 0 Å². The van der Waals surface area contributed by atoms with Gasteiger partial charge in [0.15, 0.2) is 0 Å². The van der Waals surface area contributed by atoms with Crippen molar-refractivity contribution in [2.45, 2.75) is 38.1 Å². The highest BCUT2D eigenvalue weighted by atomic mass is 16.1. The van der Waals surface area contributed by atoms with Crippen molar-refractivity contribution < 1.29 is 4.79 Å². The van der Waals surface area contributed by atoms with Crippen LogP contribution in [-0.4, -0.2) is 16.9 Å². The molecule has 6 rings (SSSR count). The minimum atomic E-state index is 0.0843. The van der Waals surface area contributed by atoms with E-state index in [1.165, 1.54) is 32.1 Å². The molecule has 1 aromatic carbocycles. The lowest BCUT2D eigenvalue weighted by Crippen LogP contribution is -2.55. The van der Waals surface area contributed by atoms with E-state index in [0.29, 0.717) is 17.9 Å². The molecule has 0 spiro atoms. The van der Waals surface area contributed by atoms with Crippen molar-refractivity contribution in [3.05, 3.63) is 42.1 Å². The number of amides is 1. The van der Waals surface area contributed by atoms with Crippen LogP contribution in [0.4, 0.5) is 0 Å². The molecule has 23 heavy (non-hydrogen) atoms. The van der Waals surface area contributed by atoms with Gasteiger partial charge in [-0.25, -0.2) is 0 Å². The molecule has 1 aromatic heterocycles. The molecule has 0 aliphatic heterocycles. The van der Waals surface area contributed by atoms with Crippen LogP contribution in [0.2, 0.25) is 0 Å². The molecule has 4 saturated carbocycles. The van der Waals surface area contributed by atoms with E-state index in [2.05, 4.69) is 10.3 Å². The zero-order chi connectivity index (χ0) is 15.4. The molecule has 4 aliphatic carbocycles. The van der Waals surface area contributed by atoms with Crippen LogP contribution in [0, 0.1) is 23.7 Å². The number of carbonyl (C=O) groups is 1. The minimum absolute atomic E-state index is 0.0843. The molecule has 3 heteroatoms. The summed E-state index contributed by atoms with van der Waals surface area (Å²) >= 11 is 0. The average molecular weight is 306 g/mol. The summed E-state index contributed by atoms with van der Waals surface area (Å²) in [5, 5.41) is 4.36. The Hall–Kier alpha value is -1.90. The summed E-state index contributed by atoms with van der Waals surface area (Å²) in [6.45, 7) is 0. The second-order valence-corrected chi connectivity index (χ2v) is 7.81. The van der Waals surface area contributed by atoms with Gasteiger partial charge in [-0.3, -0.25) is 9.78 Å². The van der Waals surface area contributed by atoms with Crippen molar-refractivity contribution in [1.82, 2.24) is 10.3 Å². The molecule has 1 N–H and O–H groups in total. The van der Waals surface area contributed by atoms with Gasteiger partial charge in [-0.05, 0) is 74.0 Å². The molecule has 118 valence electrons. The van der Waals surface area contributed by atoms with Crippen LogP contribution in [0.3, 0.4) is 0 Å². The van der Waals surface area contributed by atoms with Gasteiger partial charge in [0, 0.05) is 23.2 Å². The van der Waals surface area contributed by atoms with Crippen LogP contribution in [0.15, 0.2) is 36.5 Å². The number of hydrogen-bond acceptors (Lipinski definition) is 2. The summed E-state index contributed by atoms with van der Waals surface area (Å²) in [5.41, 5.74) is 1.66. The predicted molar refractivity (Wildman–Crippen MR) is 90.0 cm³/mol. The zero-order valence-corrected chi connectivity index (χ0v) is 13.2. The number of rotatable bonds is 2. The van der Waals surface area contributed by atoms with E-state index < -0.39 is 0 Å². The van der Waals surface area contributed by atoms with Crippen LogP contribution < -0.4 is 5.32 Å². The SMILES string of the molecule is O=C(NC1C2CC3CC(C2)CC1C3)c1cccc2ncccc12. The lowest BCUT2D eigenvalue weighted by Gasteiger charge is -2.54. The molecular weight excluding hydrogens is 284 g/mol. The molecular formula is C20H22N2O. The summed E-state index contributed by atoms with van der Waals surface area (Å²) in [6.07, 6.45) is 8.54. The van der Waals surface area contributed by atoms with Crippen LogP contribution >= 0.6 is 0 Å². The molecule has 4 bridgehead atoms. The standard InChI is InChI=1S/C20H22N2O/c23-20(17-3-1-5-18-16(17)4-2-6-21-18)22-19-14-8-12-7-13(10-14)11-15(19)9-12/h1-6,12-15,19H,7-11H2,(H,22,23). The third-order valence-corrected chi connectivity index (χ3v) is 6.41. The number of hydrogen-bond donors (Lipinski definition) is 1. The summed E-state index contributed by atoms with van der Waals surface area (Å²) in [7, 11) is 0. The summed E-state index contributed by atoms with van der Waals surface area (Å²) < 4.78 is 0. The van der Waals surface area contributed by atoms with Gasteiger partial charge < -0.3 is 5.32 Å². The number of carbonyl (C=O) groups excluding carboxylic acids is 1. The minimum Gasteiger partial charge on any atom is -0.349 e. The van der Waals surface area contributed by atoms with Crippen molar-refractivity contribution in [3.63, 3.8) is 0 Å². The van der Waals surface area contributed by atoms with E-state index in [9.17, 15) is 4.79 Å². The van der Waals surface area contributed by atoms with E-state index in [1.54, 1.807) is 6.20 Å². The van der Waals surface area contributed by atoms with E-state index >= 15 is 0 Å². The molecule has 0 saturated heterocycles. The van der Waals surface area contributed by atoms with Crippen LogP contribution in [0.25, 0.3) is 10.9 Å². The van der Waals surface area contributed by atoms with Crippen molar-refractivity contribution in [1.29, 1.82) is 0 Å². The second-order valence-electron chi connectivity index (χ2n) is 7.81. The number of pyridine rings is 1. The molecule has 1 amide bonds. The van der Waals surface area contributed by atoms with E-state index in [1.807, 2.05) is 30.3 Å². The smallest absolute Gasteiger partial charge is 0.252 e. The molecule has 0 atom stereocenters. The quantitative estimate of drug-likeness (QED) is 0.917. The summed E-state index contributed by atoms with van der Waals surface area (Å²) in [5.74, 6) is 3.38. The van der Waals surface area contributed by atoms with Gasteiger partial charge in [0.2, 0.25) is 0 Å². The molecule has 0 unspecified atom stereocenters. The Balaban J connectivity index is 1.43. The fourth-order valence-electron chi connectivity index (χ4n) is 5.69. The zero-order valence-electron chi connectivity index (χ0n) is 13.2. The van der Waals surface area contributed by atoms with Crippen LogP contribution in [-0.2, 0) is 0 Å². The number of aromatic nitrogens is 1. The van der Waals surface area contributed by atoms with E-state index in [-0.39, 0.29) is 5.91 Å². The number of nitrogens with zero attached hydrogens (tertiary/aromatic N) is 1. The van der Waals surface area contributed by atoms with Gasteiger partial charge in [0.25, 0.3) is 5.91 Å². The highest BCUT2D eigenvalue weighted by Crippen LogP contribution is 2.53. The number of benzene rings is 1. The lowest BCUT2D eigenvalue weighted by atomic mass is 9.54. The Labute approximate surface area is 136 Å². The Morgan fingerprint density at radius 1 is 0.957 bits per heavy atom.